The number of hydrogen-bond donors (Lipinski definition) is 0. The minimum atomic E-state index is 0.0765. The van der Waals surface area contributed by atoms with Crippen LogP contribution in [-0.2, 0) is 11.3 Å². The van der Waals surface area contributed by atoms with E-state index >= 15 is 0 Å². The van der Waals surface area contributed by atoms with E-state index in [1.54, 1.807) is 24.7 Å². The van der Waals surface area contributed by atoms with Crippen LogP contribution < -0.4 is 0 Å². The number of hydrogen-bond acceptors (Lipinski definition) is 5. The van der Waals surface area contributed by atoms with Crippen molar-refractivity contribution in [3.05, 3.63) is 53.7 Å². The van der Waals surface area contributed by atoms with Crippen LogP contribution in [0.2, 0.25) is 0 Å². The molecule has 2 aliphatic rings. The van der Waals surface area contributed by atoms with Gasteiger partial charge in [0.2, 0.25) is 0 Å². The first-order valence-electron chi connectivity index (χ1n) is 9.09. The van der Waals surface area contributed by atoms with E-state index in [1.807, 2.05) is 24.0 Å². The van der Waals surface area contributed by atoms with Crippen molar-refractivity contribution in [3.8, 4) is 0 Å². The van der Waals surface area contributed by atoms with Crippen molar-refractivity contribution in [2.24, 2.45) is 5.92 Å². The molecule has 2 aromatic heterocycles. The lowest BCUT2D eigenvalue weighted by Crippen LogP contribution is -2.68. The quantitative estimate of drug-likeness (QED) is 0.824. The predicted octanol–water partition coefficient (Wildman–Crippen LogP) is 2.35. The van der Waals surface area contributed by atoms with E-state index in [0.717, 1.165) is 38.2 Å². The lowest BCUT2D eigenvalue weighted by Gasteiger charge is -2.51. The predicted molar refractivity (Wildman–Crippen MR) is 96.7 cm³/mol. The molecule has 2 fully saturated rings. The summed E-state index contributed by atoms with van der Waals surface area (Å²) in [6.07, 6.45) is 6.24. The highest BCUT2D eigenvalue weighted by Gasteiger charge is 2.53. The summed E-state index contributed by atoms with van der Waals surface area (Å²) in [7, 11) is 2.16. The minimum absolute atomic E-state index is 0.0765. The third-order valence-corrected chi connectivity index (χ3v) is 5.73. The molecule has 2 saturated heterocycles. The summed E-state index contributed by atoms with van der Waals surface area (Å²) in [5, 5.41) is 0. The fourth-order valence-corrected chi connectivity index (χ4v) is 4.23. The van der Waals surface area contributed by atoms with Gasteiger partial charge in [0.15, 0.2) is 0 Å². The summed E-state index contributed by atoms with van der Waals surface area (Å²) in [4.78, 5) is 20.9. The van der Waals surface area contributed by atoms with Crippen LogP contribution in [-0.4, -0.2) is 59.5 Å². The topological polar surface area (TPSA) is 58.8 Å². The average molecular weight is 355 g/mol. The maximum Gasteiger partial charge on any atom is 0.257 e. The third-order valence-electron chi connectivity index (χ3n) is 5.73. The van der Waals surface area contributed by atoms with E-state index in [9.17, 15) is 4.79 Å². The number of aromatic nitrogens is 1. The van der Waals surface area contributed by atoms with Gasteiger partial charge in [0.25, 0.3) is 5.91 Å². The van der Waals surface area contributed by atoms with Crippen LogP contribution in [0.4, 0.5) is 0 Å². The second-order valence-electron chi connectivity index (χ2n) is 7.60. The summed E-state index contributed by atoms with van der Waals surface area (Å²) >= 11 is 0. The Kier molecular flexibility index (Phi) is 4.54. The normalized spacial score (nSPS) is 21.9. The average Bonchev–Trinajstić information content (AvgIpc) is 3.17. The number of furan rings is 1. The van der Waals surface area contributed by atoms with Gasteiger partial charge in [0.05, 0.1) is 30.6 Å². The smallest absolute Gasteiger partial charge is 0.257 e. The largest absolute Gasteiger partial charge is 0.469 e. The van der Waals surface area contributed by atoms with Crippen molar-refractivity contribution in [3.63, 3.8) is 0 Å². The van der Waals surface area contributed by atoms with Crippen molar-refractivity contribution < 1.29 is 13.9 Å². The molecule has 1 amide bonds. The third kappa shape index (κ3) is 3.15. The van der Waals surface area contributed by atoms with Gasteiger partial charge in [0.1, 0.15) is 5.76 Å². The number of amides is 1. The molecule has 1 unspecified atom stereocenters. The number of ether oxygens (including phenoxy) is 1. The molecule has 2 aromatic rings. The Morgan fingerprint density at radius 1 is 1.35 bits per heavy atom. The SMILES string of the molecule is Cc1occc1C(=O)N1CC2(CC(COCc3ccncc3)CN2C)C1. The van der Waals surface area contributed by atoms with Gasteiger partial charge in [-0.25, -0.2) is 0 Å². The van der Waals surface area contributed by atoms with Gasteiger partial charge < -0.3 is 14.1 Å². The fourth-order valence-electron chi connectivity index (χ4n) is 4.23. The molecule has 0 radical (unpaired) electrons. The molecule has 6 heteroatoms. The highest BCUT2D eigenvalue weighted by molar-refractivity contribution is 5.95. The molecule has 138 valence electrons. The van der Waals surface area contributed by atoms with Gasteiger partial charge >= 0.3 is 0 Å². The highest BCUT2D eigenvalue weighted by Crippen LogP contribution is 2.40. The van der Waals surface area contributed by atoms with Crippen molar-refractivity contribution in [2.75, 3.05) is 33.3 Å². The van der Waals surface area contributed by atoms with Crippen molar-refractivity contribution in [2.45, 2.75) is 25.5 Å². The second kappa shape index (κ2) is 6.85. The fraction of sp³-hybridized carbons (Fsp3) is 0.500. The molecule has 0 saturated carbocycles. The number of aryl methyl sites for hydroxylation is 1. The molecule has 1 atom stereocenters. The van der Waals surface area contributed by atoms with Gasteiger partial charge in [-0.15, -0.1) is 0 Å². The zero-order valence-corrected chi connectivity index (χ0v) is 15.4. The van der Waals surface area contributed by atoms with Crippen molar-refractivity contribution in [1.29, 1.82) is 0 Å². The van der Waals surface area contributed by atoms with Gasteiger partial charge in [-0.3, -0.25) is 14.7 Å². The Balaban J connectivity index is 1.28. The van der Waals surface area contributed by atoms with E-state index in [1.165, 1.54) is 0 Å². The number of nitrogens with zero attached hydrogens (tertiary/aromatic N) is 3. The Morgan fingerprint density at radius 3 is 2.81 bits per heavy atom. The molecule has 0 aliphatic carbocycles. The molecular formula is C20H25N3O3. The summed E-state index contributed by atoms with van der Waals surface area (Å²) in [5.74, 6) is 1.28. The number of carbonyl (C=O) groups excluding carboxylic acids is 1. The first kappa shape index (κ1) is 17.2. The molecule has 4 rings (SSSR count). The molecule has 6 nitrogen and oxygen atoms in total. The molecule has 0 aromatic carbocycles. The van der Waals surface area contributed by atoms with Gasteiger partial charge in [-0.05, 0) is 50.1 Å². The molecular weight excluding hydrogens is 330 g/mol. The number of carbonyl (C=O) groups is 1. The first-order chi connectivity index (χ1) is 12.6. The Hall–Kier alpha value is -2.18. The minimum Gasteiger partial charge on any atom is -0.469 e. The summed E-state index contributed by atoms with van der Waals surface area (Å²) in [5.41, 5.74) is 1.94. The molecule has 1 spiro atoms. The number of pyridine rings is 1. The van der Waals surface area contributed by atoms with Crippen LogP contribution in [0.5, 0.6) is 0 Å². The van der Waals surface area contributed by atoms with E-state index in [0.29, 0.717) is 23.8 Å². The Labute approximate surface area is 153 Å². The lowest BCUT2D eigenvalue weighted by molar-refractivity contribution is -0.00815. The van der Waals surface area contributed by atoms with E-state index in [2.05, 4.69) is 16.9 Å². The molecule has 0 bridgehead atoms. The van der Waals surface area contributed by atoms with Crippen LogP contribution in [0.25, 0.3) is 0 Å². The van der Waals surface area contributed by atoms with Crippen molar-refractivity contribution >= 4 is 5.91 Å². The maximum atomic E-state index is 12.6. The zero-order chi connectivity index (χ0) is 18.1. The lowest BCUT2D eigenvalue weighted by atomic mass is 9.84. The van der Waals surface area contributed by atoms with Gasteiger partial charge in [-0.1, -0.05) is 0 Å². The van der Waals surface area contributed by atoms with Crippen LogP contribution in [0, 0.1) is 12.8 Å². The first-order valence-corrected chi connectivity index (χ1v) is 9.09. The van der Waals surface area contributed by atoms with E-state index in [-0.39, 0.29) is 11.4 Å². The second-order valence-corrected chi connectivity index (χ2v) is 7.60. The summed E-state index contributed by atoms with van der Waals surface area (Å²) < 4.78 is 11.2. The maximum absolute atomic E-state index is 12.6. The zero-order valence-electron chi connectivity index (χ0n) is 15.4. The van der Waals surface area contributed by atoms with Crippen LogP contribution in [0.15, 0.2) is 41.3 Å². The highest BCUT2D eigenvalue weighted by atomic mass is 16.5. The monoisotopic (exact) mass is 355 g/mol. The molecule has 0 N–H and O–H groups in total. The van der Waals surface area contributed by atoms with Crippen LogP contribution in [0.3, 0.4) is 0 Å². The number of rotatable bonds is 5. The Morgan fingerprint density at radius 2 is 2.12 bits per heavy atom. The molecule has 4 heterocycles. The number of likely N-dealkylation sites (N-methyl/N-ethyl adjacent to an activating group) is 1. The van der Waals surface area contributed by atoms with Crippen LogP contribution >= 0.6 is 0 Å². The summed E-state index contributed by atoms with van der Waals surface area (Å²) in [6.45, 7) is 5.80. The molecule has 2 aliphatic heterocycles. The van der Waals surface area contributed by atoms with Crippen LogP contribution in [0.1, 0.15) is 28.1 Å². The van der Waals surface area contributed by atoms with E-state index in [4.69, 9.17) is 9.15 Å². The molecule has 26 heavy (non-hydrogen) atoms. The standard InChI is InChI=1S/C20H25N3O3/c1-15-18(5-8-26-15)19(24)23-13-20(14-23)9-17(10-22(20)2)12-25-11-16-3-6-21-7-4-16/h3-8,17H,9-14H2,1-2H3. The van der Waals surface area contributed by atoms with Gasteiger partial charge in [-0.2, -0.15) is 0 Å². The Bertz CT molecular complexity index is 768. The van der Waals surface area contributed by atoms with E-state index < -0.39 is 0 Å². The van der Waals surface area contributed by atoms with Crippen molar-refractivity contribution in [1.82, 2.24) is 14.8 Å². The summed E-state index contributed by atoms with van der Waals surface area (Å²) in [6, 6.07) is 5.72. The van der Waals surface area contributed by atoms with Gasteiger partial charge in [0, 0.05) is 32.0 Å². The number of likely N-dealkylation sites (tertiary alicyclic amines) is 2.